The zero-order valence-electron chi connectivity index (χ0n) is 9.25. The lowest BCUT2D eigenvalue weighted by molar-refractivity contribution is 0.0955. The van der Waals surface area contributed by atoms with E-state index in [2.05, 4.69) is 21.2 Å². The van der Waals surface area contributed by atoms with Crippen LogP contribution in [0.15, 0.2) is 22.7 Å². The van der Waals surface area contributed by atoms with Crippen LogP contribution in [0.1, 0.15) is 15.9 Å². The molecule has 1 N–H and O–H groups in total. The highest BCUT2D eigenvalue weighted by Gasteiger charge is 2.08. The molecule has 88 valence electrons. The summed E-state index contributed by atoms with van der Waals surface area (Å²) in [7, 11) is -0.872. The number of nitrogens with one attached hydrogen (secondary N) is 1. The van der Waals surface area contributed by atoms with Gasteiger partial charge in [-0.05, 0) is 24.6 Å². The number of benzene rings is 1. The summed E-state index contributed by atoms with van der Waals surface area (Å²) in [5, 5.41) is 2.75. The first-order valence-corrected chi connectivity index (χ1v) is 7.37. The van der Waals surface area contributed by atoms with Crippen LogP contribution in [0, 0.1) is 6.92 Å². The molecule has 0 aromatic heterocycles. The lowest BCUT2D eigenvalue weighted by Gasteiger charge is -2.07. The first kappa shape index (κ1) is 13.4. The Morgan fingerprint density at radius 1 is 1.50 bits per heavy atom. The standard InChI is InChI=1S/C11H14BrNO2S/c1-8-3-4-9(12)7-10(8)11(14)13-5-6-16(2)15/h3-4,7H,5-6H2,1-2H3,(H,13,14). The van der Waals surface area contributed by atoms with Gasteiger partial charge >= 0.3 is 0 Å². The maximum absolute atomic E-state index is 11.8. The van der Waals surface area contributed by atoms with Crippen LogP contribution in [0.3, 0.4) is 0 Å². The Labute approximate surface area is 106 Å². The molecule has 0 saturated heterocycles. The molecule has 0 aliphatic carbocycles. The topological polar surface area (TPSA) is 46.2 Å². The van der Waals surface area contributed by atoms with Gasteiger partial charge in [-0.1, -0.05) is 22.0 Å². The van der Waals surface area contributed by atoms with Gasteiger partial charge in [-0.2, -0.15) is 0 Å². The van der Waals surface area contributed by atoms with Crippen molar-refractivity contribution < 1.29 is 9.00 Å². The third-order valence-electron chi connectivity index (χ3n) is 2.12. The van der Waals surface area contributed by atoms with E-state index in [0.29, 0.717) is 17.9 Å². The van der Waals surface area contributed by atoms with Crippen LogP contribution in [0.4, 0.5) is 0 Å². The fraction of sp³-hybridized carbons (Fsp3) is 0.364. The smallest absolute Gasteiger partial charge is 0.251 e. The molecule has 1 amide bonds. The summed E-state index contributed by atoms with van der Waals surface area (Å²) < 4.78 is 11.7. The monoisotopic (exact) mass is 303 g/mol. The molecule has 1 atom stereocenters. The van der Waals surface area contributed by atoms with Gasteiger partial charge in [-0.25, -0.2) is 0 Å². The second-order valence-corrected chi connectivity index (χ2v) is 5.96. The summed E-state index contributed by atoms with van der Waals surface area (Å²) in [4.78, 5) is 11.8. The normalized spacial score (nSPS) is 12.2. The number of rotatable bonds is 4. The number of carbonyl (C=O) groups excluding carboxylic acids is 1. The molecule has 1 aromatic rings. The molecular formula is C11H14BrNO2S. The van der Waals surface area contributed by atoms with Crippen molar-refractivity contribution in [2.45, 2.75) is 6.92 Å². The molecule has 0 saturated carbocycles. The van der Waals surface area contributed by atoms with E-state index in [9.17, 15) is 9.00 Å². The van der Waals surface area contributed by atoms with Crippen molar-refractivity contribution in [1.29, 1.82) is 0 Å². The molecule has 1 rings (SSSR count). The molecule has 16 heavy (non-hydrogen) atoms. The van der Waals surface area contributed by atoms with Gasteiger partial charge in [0.15, 0.2) is 0 Å². The largest absolute Gasteiger partial charge is 0.351 e. The van der Waals surface area contributed by atoms with Crippen molar-refractivity contribution in [3.05, 3.63) is 33.8 Å². The Morgan fingerprint density at radius 2 is 2.19 bits per heavy atom. The number of carbonyl (C=O) groups is 1. The Hall–Kier alpha value is -0.680. The van der Waals surface area contributed by atoms with Crippen molar-refractivity contribution in [1.82, 2.24) is 5.32 Å². The third-order valence-corrected chi connectivity index (χ3v) is 3.39. The minimum absolute atomic E-state index is 0.121. The van der Waals surface area contributed by atoms with Crippen LogP contribution in [-0.2, 0) is 10.8 Å². The zero-order valence-corrected chi connectivity index (χ0v) is 11.7. The molecule has 0 radical (unpaired) electrons. The van der Waals surface area contributed by atoms with Crippen LogP contribution in [0.5, 0.6) is 0 Å². The van der Waals surface area contributed by atoms with Gasteiger partial charge in [0.05, 0.1) is 0 Å². The summed E-state index contributed by atoms with van der Waals surface area (Å²) >= 11 is 3.33. The van der Waals surface area contributed by atoms with E-state index in [0.717, 1.165) is 10.0 Å². The quantitative estimate of drug-likeness (QED) is 0.923. The molecule has 5 heteroatoms. The number of hydrogen-bond donors (Lipinski definition) is 1. The highest BCUT2D eigenvalue weighted by Crippen LogP contribution is 2.15. The van der Waals surface area contributed by atoms with Crippen LogP contribution in [0.25, 0.3) is 0 Å². The predicted octanol–water partition coefficient (Wildman–Crippen LogP) is 1.87. The maximum atomic E-state index is 11.8. The number of amides is 1. The van der Waals surface area contributed by atoms with Gasteiger partial charge < -0.3 is 5.32 Å². The molecular weight excluding hydrogens is 290 g/mol. The van der Waals surface area contributed by atoms with E-state index in [1.807, 2.05) is 19.1 Å². The average molecular weight is 304 g/mol. The maximum Gasteiger partial charge on any atom is 0.251 e. The number of aryl methyl sites for hydroxylation is 1. The van der Waals surface area contributed by atoms with Crippen LogP contribution in [-0.4, -0.2) is 28.7 Å². The van der Waals surface area contributed by atoms with Crippen LogP contribution in [0.2, 0.25) is 0 Å². The Morgan fingerprint density at radius 3 is 2.81 bits per heavy atom. The Bertz CT molecular complexity index is 420. The predicted molar refractivity (Wildman–Crippen MR) is 70.1 cm³/mol. The van der Waals surface area contributed by atoms with Crippen molar-refractivity contribution in [2.75, 3.05) is 18.6 Å². The van der Waals surface area contributed by atoms with E-state index >= 15 is 0 Å². The minimum atomic E-state index is -0.872. The summed E-state index contributed by atoms with van der Waals surface area (Å²) in [5.41, 5.74) is 1.58. The first-order valence-electron chi connectivity index (χ1n) is 4.85. The summed E-state index contributed by atoms with van der Waals surface area (Å²) in [6.07, 6.45) is 1.62. The molecule has 1 aromatic carbocycles. The van der Waals surface area contributed by atoms with Gasteiger partial charge in [0, 0.05) is 39.4 Å². The lowest BCUT2D eigenvalue weighted by Crippen LogP contribution is -2.28. The van der Waals surface area contributed by atoms with E-state index in [4.69, 9.17) is 0 Å². The second kappa shape index (κ2) is 6.15. The molecule has 1 unspecified atom stereocenters. The van der Waals surface area contributed by atoms with E-state index < -0.39 is 10.8 Å². The molecule has 0 heterocycles. The molecule has 3 nitrogen and oxygen atoms in total. The number of halogens is 1. The fourth-order valence-corrected chi connectivity index (χ4v) is 1.99. The summed E-state index contributed by atoms with van der Waals surface area (Å²) in [5.74, 6) is 0.364. The van der Waals surface area contributed by atoms with Crippen LogP contribution >= 0.6 is 15.9 Å². The van der Waals surface area contributed by atoms with Gasteiger partial charge in [0.2, 0.25) is 0 Å². The van der Waals surface area contributed by atoms with E-state index in [1.54, 1.807) is 12.3 Å². The van der Waals surface area contributed by atoms with E-state index in [1.165, 1.54) is 0 Å². The van der Waals surface area contributed by atoms with Gasteiger partial charge in [-0.3, -0.25) is 9.00 Å². The van der Waals surface area contributed by atoms with Gasteiger partial charge in [0.1, 0.15) is 0 Å². The minimum Gasteiger partial charge on any atom is -0.351 e. The number of hydrogen-bond acceptors (Lipinski definition) is 2. The van der Waals surface area contributed by atoms with Gasteiger partial charge in [-0.15, -0.1) is 0 Å². The zero-order chi connectivity index (χ0) is 12.1. The van der Waals surface area contributed by atoms with Crippen molar-refractivity contribution in [3.63, 3.8) is 0 Å². The molecule has 0 aliphatic heterocycles. The average Bonchev–Trinajstić information content (AvgIpc) is 2.21. The third kappa shape index (κ3) is 4.06. The first-order chi connectivity index (χ1) is 7.50. The van der Waals surface area contributed by atoms with Crippen molar-refractivity contribution in [3.8, 4) is 0 Å². The lowest BCUT2D eigenvalue weighted by atomic mass is 10.1. The van der Waals surface area contributed by atoms with Crippen molar-refractivity contribution >= 4 is 32.6 Å². The summed E-state index contributed by atoms with van der Waals surface area (Å²) in [6, 6.07) is 5.57. The van der Waals surface area contributed by atoms with Gasteiger partial charge in [0.25, 0.3) is 5.91 Å². The highest BCUT2D eigenvalue weighted by molar-refractivity contribution is 9.10. The highest BCUT2D eigenvalue weighted by atomic mass is 79.9. The SMILES string of the molecule is Cc1ccc(Br)cc1C(=O)NCCS(C)=O. The molecule has 0 aliphatic rings. The summed E-state index contributed by atoms with van der Waals surface area (Å²) in [6.45, 7) is 2.33. The Balaban J connectivity index is 2.65. The second-order valence-electron chi connectivity index (χ2n) is 3.49. The fourth-order valence-electron chi connectivity index (χ4n) is 1.24. The van der Waals surface area contributed by atoms with Crippen molar-refractivity contribution in [2.24, 2.45) is 0 Å². The van der Waals surface area contributed by atoms with Crippen LogP contribution < -0.4 is 5.32 Å². The molecule has 0 spiro atoms. The molecule has 0 bridgehead atoms. The van der Waals surface area contributed by atoms with E-state index in [-0.39, 0.29) is 5.91 Å². The Kier molecular flexibility index (Phi) is 5.15. The molecule has 0 fully saturated rings.